The van der Waals surface area contributed by atoms with Crippen LogP contribution in [0.1, 0.15) is 0 Å². The Morgan fingerprint density at radius 3 is 1.63 bits per heavy atom. The molecule has 20 heteroatoms. The molecule has 0 radical (unpaired) electrons. The van der Waals surface area contributed by atoms with Gasteiger partial charge in [0.05, 0.1) is 23.6 Å². The summed E-state index contributed by atoms with van der Waals surface area (Å²) < 4.78 is 92.2. The maximum atomic E-state index is 12.7. The van der Waals surface area contributed by atoms with Crippen LogP contribution >= 0.6 is 82.6 Å². The third-order valence-electron chi connectivity index (χ3n) is 4.39. The Labute approximate surface area is 298 Å². The lowest BCUT2D eigenvalue weighted by molar-refractivity contribution is -0.209. The zero-order valence-corrected chi connectivity index (χ0v) is 29.6. The highest BCUT2D eigenvalue weighted by Crippen LogP contribution is 2.42. The second-order valence-electron chi connectivity index (χ2n) is 8.19. The largest absolute Gasteiger partial charge is 0.504 e. The Morgan fingerprint density at radius 1 is 0.717 bits per heavy atom. The van der Waals surface area contributed by atoms with Gasteiger partial charge in [-0.25, -0.2) is 0 Å². The van der Waals surface area contributed by atoms with E-state index in [1.165, 1.54) is 42.5 Å². The van der Waals surface area contributed by atoms with Crippen molar-refractivity contribution in [2.45, 2.75) is 17.0 Å². The summed E-state index contributed by atoms with van der Waals surface area (Å²) in [5.74, 6) is 0.127. The first-order valence-electron chi connectivity index (χ1n) is 11.9. The van der Waals surface area contributed by atoms with E-state index in [-0.39, 0.29) is 53.0 Å². The fraction of sp³-hybridized carbons (Fsp3) is 0.308. The van der Waals surface area contributed by atoms with Crippen LogP contribution in [0.5, 0.6) is 34.5 Å². The van der Waals surface area contributed by atoms with Crippen molar-refractivity contribution >= 4 is 82.6 Å². The first kappa shape index (κ1) is 42.3. The number of halogens is 12. The van der Waals surface area contributed by atoms with Gasteiger partial charge in [0.1, 0.15) is 0 Å². The monoisotopic (exact) mass is 918 g/mol. The number of phenolic OH excluding ortho intramolecular Hbond substituents is 2. The number of ether oxygens (including phenoxy) is 4. The predicted molar refractivity (Wildman–Crippen MR) is 169 cm³/mol. The molecule has 0 amide bonds. The average Bonchev–Trinajstić information content (AvgIpc) is 2.96. The van der Waals surface area contributed by atoms with Gasteiger partial charge in [-0.05, 0) is 62.2 Å². The number of fused-ring (bicyclic) bond motifs is 2. The first-order chi connectivity index (χ1) is 21.2. The van der Waals surface area contributed by atoms with Crippen LogP contribution in [0, 0.1) is 0 Å². The van der Waals surface area contributed by atoms with Crippen molar-refractivity contribution in [1.82, 2.24) is 0 Å². The summed E-state index contributed by atoms with van der Waals surface area (Å²) in [6.07, 6.45) is -6.55. The molecule has 2 aliphatic rings. The van der Waals surface area contributed by atoms with Crippen molar-refractivity contribution in [2.24, 2.45) is 0 Å². The maximum Gasteiger partial charge on any atom is 0.433 e. The van der Waals surface area contributed by atoms with Gasteiger partial charge in [0, 0.05) is 32.7 Å². The number of rotatable bonds is 2. The van der Waals surface area contributed by atoms with E-state index in [2.05, 4.69) is 57.3 Å². The Hall–Kier alpha value is -1.73. The maximum absolute atomic E-state index is 12.7. The highest BCUT2D eigenvalue weighted by molar-refractivity contribution is 9.12. The molecule has 0 aromatic heterocycles. The number of phenols is 2. The Balaban J connectivity index is 0.000000307. The predicted octanol–water partition coefficient (Wildman–Crippen LogP) is 9.26. The van der Waals surface area contributed by atoms with E-state index >= 15 is 0 Å². The summed E-state index contributed by atoms with van der Waals surface area (Å²) in [4.78, 5) is -2.73. The molecule has 0 atom stereocenters. The molecule has 2 aliphatic heterocycles. The molecule has 0 unspecified atom stereocenters. The van der Waals surface area contributed by atoms with Crippen LogP contribution in [0.15, 0.2) is 53.0 Å². The summed E-state index contributed by atoms with van der Waals surface area (Å²) in [6, 6.07) is 11.2. The summed E-state index contributed by atoms with van der Waals surface area (Å²) in [5, 5.41) is 33.5. The van der Waals surface area contributed by atoms with Crippen molar-refractivity contribution in [3.63, 3.8) is 0 Å². The van der Waals surface area contributed by atoms with Crippen molar-refractivity contribution in [3.8, 4) is 34.5 Å². The number of hydrogen-bond donors (Lipinski definition) is 4. The lowest BCUT2D eigenvalue weighted by Gasteiger charge is -2.25. The van der Waals surface area contributed by atoms with E-state index in [1.54, 1.807) is 6.07 Å². The van der Waals surface area contributed by atoms with Crippen molar-refractivity contribution in [1.29, 1.82) is 0 Å². The molecule has 0 fully saturated rings. The number of benzene rings is 3. The first-order valence-corrected chi connectivity index (χ1v) is 15.8. The molecule has 5 rings (SSSR count). The summed E-state index contributed by atoms with van der Waals surface area (Å²) in [6.45, 7) is -1.80. The zero-order chi connectivity index (χ0) is 35.3. The lowest BCUT2D eigenvalue weighted by Crippen LogP contribution is -2.35. The van der Waals surface area contributed by atoms with Gasteiger partial charge < -0.3 is 39.4 Å². The third-order valence-corrected chi connectivity index (χ3v) is 7.80. The molecule has 258 valence electrons. The van der Waals surface area contributed by atoms with Crippen molar-refractivity contribution < 1.29 is 65.7 Å². The Kier molecular flexibility index (Phi) is 17.8. The van der Waals surface area contributed by atoms with Crippen LogP contribution in [-0.4, -0.2) is 69.2 Å². The van der Waals surface area contributed by atoms with Gasteiger partial charge in [0.15, 0.2) is 47.7 Å². The minimum atomic E-state index is -3.29. The Morgan fingerprint density at radius 2 is 1.17 bits per heavy atom. The molecular formula is C26H22Br3Cl3F6O8. The van der Waals surface area contributed by atoms with Crippen LogP contribution < -0.4 is 18.9 Å². The standard InChI is InChI=1S/C8H4BrClF2O2.C8H5ClF2O2.C6H5ClO2.C2H2Br2F2.C2H6O2/c9-4-1-6-7(2-5(4)10)14-8(11,12)3-13-6;9-5-1-2-6-7(3-5)13-8(10,11)4-12-6;7-4-1-2-5(8)6(9)3-4;3-1-2(4,5)6;3-1-2-4/h1-2H,3H2;1-3H,4H2;1-3,8-9H;1H2;3-4H,1-2H2. The lowest BCUT2D eigenvalue weighted by atomic mass is 10.3. The SMILES string of the molecule is FC(F)(Br)CBr.FC1(F)COc2cc(Br)c(Cl)cc2O1.FC1(F)COc2ccc(Cl)cc2O1.OCCO.Oc1ccc(Cl)cc1O. The summed E-state index contributed by atoms with van der Waals surface area (Å²) in [7, 11) is 0. The van der Waals surface area contributed by atoms with E-state index in [4.69, 9.17) is 64.7 Å². The molecule has 3 aromatic rings. The number of aromatic hydroxyl groups is 2. The molecule has 0 saturated heterocycles. The van der Waals surface area contributed by atoms with E-state index < -0.39 is 30.3 Å². The number of hydrogen-bond acceptors (Lipinski definition) is 8. The molecular weight excluding hydrogens is 900 g/mol. The quantitative estimate of drug-likeness (QED) is 0.114. The van der Waals surface area contributed by atoms with E-state index in [0.29, 0.717) is 19.5 Å². The van der Waals surface area contributed by atoms with Gasteiger partial charge in [-0.2, -0.15) is 26.3 Å². The minimum absolute atomic E-state index is 0.0243. The fourth-order valence-electron chi connectivity index (χ4n) is 2.58. The van der Waals surface area contributed by atoms with Gasteiger partial charge in [-0.3, -0.25) is 0 Å². The van der Waals surface area contributed by atoms with E-state index in [9.17, 15) is 26.3 Å². The highest BCUT2D eigenvalue weighted by atomic mass is 79.9. The number of aliphatic hydroxyl groups is 2. The molecule has 0 bridgehead atoms. The van der Waals surface area contributed by atoms with Gasteiger partial charge >= 0.3 is 17.0 Å². The second kappa shape index (κ2) is 19.3. The van der Waals surface area contributed by atoms with E-state index in [1.807, 2.05) is 0 Å². The molecule has 8 nitrogen and oxygen atoms in total. The van der Waals surface area contributed by atoms with E-state index in [0.717, 1.165) is 0 Å². The van der Waals surface area contributed by atoms with Gasteiger partial charge in [0.25, 0.3) is 0 Å². The fourth-order valence-corrected chi connectivity index (χ4v) is 3.39. The molecule has 2 heterocycles. The van der Waals surface area contributed by atoms with Crippen LogP contribution in [-0.2, 0) is 0 Å². The topological polar surface area (TPSA) is 118 Å². The molecule has 4 N–H and O–H groups in total. The smallest absolute Gasteiger partial charge is 0.433 e. The average molecular weight is 923 g/mol. The normalized spacial score (nSPS) is 14.7. The second-order valence-corrected chi connectivity index (χ2v) is 12.0. The van der Waals surface area contributed by atoms with Crippen LogP contribution in [0.3, 0.4) is 0 Å². The molecule has 0 aliphatic carbocycles. The molecule has 0 spiro atoms. The highest BCUT2D eigenvalue weighted by Gasteiger charge is 2.39. The third kappa shape index (κ3) is 16.4. The van der Waals surface area contributed by atoms with Gasteiger partial charge in [-0.15, -0.1) is 0 Å². The van der Waals surface area contributed by atoms with Crippen LogP contribution in [0.4, 0.5) is 26.3 Å². The van der Waals surface area contributed by atoms with Crippen LogP contribution in [0.25, 0.3) is 0 Å². The summed E-state index contributed by atoms with van der Waals surface area (Å²) in [5.41, 5.74) is 0. The van der Waals surface area contributed by atoms with Crippen molar-refractivity contribution in [2.75, 3.05) is 31.8 Å². The van der Waals surface area contributed by atoms with Gasteiger partial charge in [0.2, 0.25) is 0 Å². The molecule has 0 saturated carbocycles. The Bertz CT molecular complexity index is 1410. The number of alkyl halides is 8. The minimum Gasteiger partial charge on any atom is -0.504 e. The van der Waals surface area contributed by atoms with Crippen molar-refractivity contribution in [3.05, 3.63) is 68.1 Å². The van der Waals surface area contributed by atoms with Crippen LogP contribution in [0.2, 0.25) is 15.1 Å². The van der Waals surface area contributed by atoms with Gasteiger partial charge in [-0.1, -0.05) is 50.7 Å². The molecule has 3 aromatic carbocycles. The molecule has 46 heavy (non-hydrogen) atoms. The number of aliphatic hydroxyl groups excluding tert-OH is 2. The zero-order valence-electron chi connectivity index (χ0n) is 22.6. The summed E-state index contributed by atoms with van der Waals surface area (Å²) >= 11 is 24.6.